The molecule has 1 N–H and O–H groups in total. The smallest absolute Gasteiger partial charge is 0.320 e. The lowest BCUT2D eigenvalue weighted by molar-refractivity contribution is -0.385. The fourth-order valence-corrected chi connectivity index (χ4v) is 2.09. The topological polar surface area (TPSA) is 85.1 Å². The van der Waals surface area contributed by atoms with Gasteiger partial charge in [-0.3, -0.25) is 19.9 Å². The highest BCUT2D eigenvalue weighted by Gasteiger charge is 2.31. The Balaban J connectivity index is 2.34. The molecular formula is C15H12F3N3O3. The van der Waals surface area contributed by atoms with Crippen molar-refractivity contribution < 1.29 is 22.9 Å². The molecule has 9 heteroatoms. The number of nitro benzene ring substituents is 1. The van der Waals surface area contributed by atoms with Gasteiger partial charge in [-0.1, -0.05) is 0 Å². The fraction of sp³-hybridized carbons (Fsp3) is 0.200. The predicted molar refractivity (Wildman–Crippen MR) is 79.8 cm³/mol. The van der Waals surface area contributed by atoms with E-state index in [0.29, 0.717) is 17.2 Å². The van der Waals surface area contributed by atoms with Crippen LogP contribution >= 0.6 is 0 Å². The molecule has 0 radical (unpaired) electrons. The van der Waals surface area contributed by atoms with E-state index in [1.165, 1.54) is 6.07 Å². The molecule has 1 aromatic heterocycles. The number of benzene rings is 1. The summed E-state index contributed by atoms with van der Waals surface area (Å²) in [4.78, 5) is 26.1. The molecule has 0 aliphatic carbocycles. The van der Waals surface area contributed by atoms with Crippen LogP contribution in [0, 0.1) is 24.0 Å². The molecule has 2 aromatic rings. The largest absolute Gasteiger partial charge is 0.416 e. The number of amides is 1. The monoisotopic (exact) mass is 339 g/mol. The standard InChI is InChI=1S/C15H12F3N3O3/c1-8-5-9(2)13(21(23)24)7-11(8)20-14(22)12-6-10(3-4-19-12)15(16,17)18/h3-7H,1-2H3,(H,20,22). The van der Waals surface area contributed by atoms with E-state index in [1.807, 2.05) is 0 Å². The van der Waals surface area contributed by atoms with Gasteiger partial charge in [-0.25, -0.2) is 0 Å². The Labute approximate surface area is 134 Å². The minimum absolute atomic E-state index is 0.136. The van der Waals surface area contributed by atoms with Crippen LogP contribution in [0.25, 0.3) is 0 Å². The number of halogens is 3. The van der Waals surface area contributed by atoms with Crippen LogP contribution in [0.15, 0.2) is 30.5 Å². The van der Waals surface area contributed by atoms with Crippen molar-refractivity contribution in [1.82, 2.24) is 4.98 Å². The van der Waals surface area contributed by atoms with Crippen molar-refractivity contribution in [3.8, 4) is 0 Å². The molecule has 1 amide bonds. The Morgan fingerprint density at radius 2 is 1.88 bits per heavy atom. The van der Waals surface area contributed by atoms with Crippen LogP contribution in [0.1, 0.15) is 27.2 Å². The average Bonchev–Trinajstić information content (AvgIpc) is 2.48. The number of aryl methyl sites for hydroxylation is 2. The van der Waals surface area contributed by atoms with Crippen molar-refractivity contribution in [2.75, 3.05) is 5.32 Å². The molecule has 126 valence electrons. The summed E-state index contributed by atoms with van der Waals surface area (Å²) in [5.41, 5.74) is -0.558. The zero-order valence-electron chi connectivity index (χ0n) is 12.6. The number of carbonyl (C=O) groups excluding carboxylic acids is 1. The van der Waals surface area contributed by atoms with Crippen LogP contribution in [-0.2, 0) is 6.18 Å². The van der Waals surface area contributed by atoms with Gasteiger partial charge in [-0.2, -0.15) is 13.2 Å². The van der Waals surface area contributed by atoms with Crippen molar-refractivity contribution in [2.24, 2.45) is 0 Å². The van der Waals surface area contributed by atoms with Gasteiger partial charge in [-0.15, -0.1) is 0 Å². The molecule has 0 atom stereocenters. The van der Waals surface area contributed by atoms with E-state index in [-0.39, 0.29) is 11.4 Å². The lowest BCUT2D eigenvalue weighted by Crippen LogP contribution is -2.16. The fourth-order valence-electron chi connectivity index (χ4n) is 2.09. The number of anilines is 1. The highest BCUT2D eigenvalue weighted by atomic mass is 19.4. The Kier molecular flexibility index (Phi) is 4.54. The van der Waals surface area contributed by atoms with E-state index in [2.05, 4.69) is 10.3 Å². The highest BCUT2D eigenvalue weighted by molar-refractivity contribution is 6.03. The minimum Gasteiger partial charge on any atom is -0.320 e. The van der Waals surface area contributed by atoms with Crippen molar-refractivity contribution in [2.45, 2.75) is 20.0 Å². The molecule has 0 aliphatic heterocycles. The first kappa shape index (κ1) is 17.4. The third-order valence-electron chi connectivity index (χ3n) is 3.31. The number of aromatic nitrogens is 1. The lowest BCUT2D eigenvalue weighted by atomic mass is 10.1. The van der Waals surface area contributed by atoms with Crippen LogP contribution in [-0.4, -0.2) is 15.8 Å². The summed E-state index contributed by atoms with van der Waals surface area (Å²) >= 11 is 0. The summed E-state index contributed by atoms with van der Waals surface area (Å²) in [5, 5.41) is 13.3. The van der Waals surface area contributed by atoms with E-state index in [0.717, 1.165) is 18.3 Å². The molecule has 1 heterocycles. The van der Waals surface area contributed by atoms with E-state index in [1.54, 1.807) is 13.8 Å². The second-order valence-electron chi connectivity index (χ2n) is 5.09. The Hall–Kier alpha value is -2.97. The normalized spacial score (nSPS) is 11.2. The Bertz CT molecular complexity index is 819. The summed E-state index contributed by atoms with van der Waals surface area (Å²) in [6, 6.07) is 4.04. The molecule has 0 saturated carbocycles. The quantitative estimate of drug-likeness (QED) is 0.679. The maximum atomic E-state index is 12.7. The molecule has 0 saturated heterocycles. The average molecular weight is 339 g/mol. The number of rotatable bonds is 3. The Morgan fingerprint density at radius 3 is 2.46 bits per heavy atom. The van der Waals surface area contributed by atoms with E-state index in [9.17, 15) is 28.1 Å². The molecule has 0 bridgehead atoms. The zero-order valence-corrected chi connectivity index (χ0v) is 12.6. The third-order valence-corrected chi connectivity index (χ3v) is 3.31. The van der Waals surface area contributed by atoms with Gasteiger partial charge < -0.3 is 5.32 Å². The predicted octanol–water partition coefficient (Wildman–Crippen LogP) is 3.88. The lowest BCUT2D eigenvalue weighted by Gasteiger charge is -2.11. The SMILES string of the molecule is Cc1cc(C)c([N+](=O)[O-])cc1NC(=O)c1cc(C(F)(F)F)ccn1. The van der Waals surface area contributed by atoms with E-state index in [4.69, 9.17) is 0 Å². The molecule has 0 aliphatic rings. The van der Waals surface area contributed by atoms with Gasteiger partial charge in [0.2, 0.25) is 0 Å². The second-order valence-corrected chi connectivity index (χ2v) is 5.09. The number of hydrogen-bond donors (Lipinski definition) is 1. The molecule has 6 nitrogen and oxygen atoms in total. The number of nitro groups is 1. The van der Waals surface area contributed by atoms with Crippen molar-refractivity contribution in [1.29, 1.82) is 0 Å². The van der Waals surface area contributed by atoms with Gasteiger partial charge in [0.25, 0.3) is 11.6 Å². The number of carbonyl (C=O) groups is 1. The molecule has 1 aromatic carbocycles. The number of nitrogens with zero attached hydrogens (tertiary/aromatic N) is 2. The number of nitrogens with one attached hydrogen (secondary N) is 1. The summed E-state index contributed by atoms with van der Waals surface area (Å²) in [7, 11) is 0. The van der Waals surface area contributed by atoms with Gasteiger partial charge in [0.15, 0.2) is 0 Å². The maximum Gasteiger partial charge on any atom is 0.416 e. The van der Waals surface area contributed by atoms with Crippen LogP contribution in [0.2, 0.25) is 0 Å². The van der Waals surface area contributed by atoms with Gasteiger partial charge in [0.05, 0.1) is 16.2 Å². The Morgan fingerprint density at radius 1 is 1.21 bits per heavy atom. The first-order valence-electron chi connectivity index (χ1n) is 6.70. The van der Waals surface area contributed by atoms with E-state index >= 15 is 0 Å². The third kappa shape index (κ3) is 3.67. The summed E-state index contributed by atoms with van der Waals surface area (Å²) in [6.45, 7) is 3.16. The van der Waals surface area contributed by atoms with Crippen LogP contribution < -0.4 is 5.32 Å². The molecule has 0 spiro atoms. The number of pyridine rings is 1. The molecule has 24 heavy (non-hydrogen) atoms. The summed E-state index contributed by atoms with van der Waals surface area (Å²) in [5.74, 6) is -0.887. The maximum absolute atomic E-state index is 12.7. The van der Waals surface area contributed by atoms with Crippen LogP contribution in [0.5, 0.6) is 0 Å². The van der Waals surface area contributed by atoms with Crippen LogP contribution in [0.4, 0.5) is 24.5 Å². The highest BCUT2D eigenvalue weighted by Crippen LogP contribution is 2.30. The van der Waals surface area contributed by atoms with Crippen molar-refractivity contribution in [3.05, 3.63) is 63.0 Å². The molecule has 0 unspecified atom stereocenters. The first-order chi connectivity index (χ1) is 11.1. The molecule has 2 rings (SSSR count). The van der Waals surface area contributed by atoms with Gasteiger partial charge in [-0.05, 0) is 37.6 Å². The molecule has 0 fully saturated rings. The first-order valence-corrected chi connectivity index (χ1v) is 6.70. The second kappa shape index (κ2) is 6.26. The summed E-state index contributed by atoms with van der Waals surface area (Å²) in [6.07, 6.45) is -3.72. The van der Waals surface area contributed by atoms with Gasteiger partial charge in [0.1, 0.15) is 5.69 Å². The van der Waals surface area contributed by atoms with E-state index < -0.39 is 28.3 Å². The zero-order chi connectivity index (χ0) is 18.1. The van der Waals surface area contributed by atoms with Crippen molar-refractivity contribution in [3.63, 3.8) is 0 Å². The van der Waals surface area contributed by atoms with Crippen molar-refractivity contribution >= 4 is 17.3 Å². The van der Waals surface area contributed by atoms with Gasteiger partial charge >= 0.3 is 6.18 Å². The van der Waals surface area contributed by atoms with Crippen LogP contribution in [0.3, 0.4) is 0 Å². The van der Waals surface area contributed by atoms with Gasteiger partial charge in [0, 0.05) is 17.8 Å². The summed E-state index contributed by atoms with van der Waals surface area (Å²) < 4.78 is 38.0. The minimum atomic E-state index is -4.60. The molecular weight excluding hydrogens is 327 g/mol. The number of alkyl halides is 3. The number of hydrogen-bond acceptors (Lipinski definition) is 4.